The van der Waals surface area contributed by atoms with E-state index in [0.717, 1.165) is 41.4 Å². The molecule has 1 aliphatic heterocycles. The van der Waals surface area contributed by atoms with Crippen molar-refractivity contribution >= 4 is 22.8 Å². The Morgan fingerprint density at radius 2 is 2.12 bits per heavy atom. The molecule has 3 rings (SSSR count). The van der Waals surface area contributed by atoms with E-state index in [1.165, 1.54) is 0 Å². The van der Waals surface area contributed by atoms with Crippen LogP contribution in [0.15, 0.2) is 22.6 Å². The van der Waals surface area contributed by atoms with Crippen molar-refractivity contribution in [2.24, 2.45) is 5.73 Å². The smallest absolute Gasteiger partial charge is 0.290 e. The van der Waals surface area contributed by atoms with Crippen molar-refractivity contribution in [1.82, 2.24) is 10.2 Å². The molecule has 0 aliphatic carbocycles. The van der Waals surface area contributed by atoms with E-state index in [1.54, 1.807) is 0 Å². The SMILES string of the molecule is Cc1c(C(=O)N2CCCCC2CNC(=O)CCN)oc2c(C)cccc12. The molecule has 1 aromatic heterocycles. The second-order valence-corrected chi connectivity index (χ2v) is 7.00. The first-order chi connectivity index (χ1) is 12.5. The lowest BCUT2D eigenvalue weighted by atomic mass is 10.0. The molecule has 0 radical (unpaired) electrons. The number of nitrogens with zero attached hydrogens (tertiary/aromatic N) is 1. The third kappa shape index (κ3) is 3.60. The van der Waals surface area contributed by atoms with E-state index >= 15 is 0 Å². The van der Waals surface area contributed by atoms with Crippen LogP contribution in [0.4, 0.5) is 0 Å². The summed E-state index contributed by atoms with van der Waals surface area (Å²) in [5, 5.41) is 3.88. The van der Waals surface area contributed by atoms with Gasteiger partial charge in [0, 0.05) is 43.0 Å². The van der Waals surface area contributed by atoms with E-state index in [4.69, 9.17) is 10.2 Å². The van der Waals surface area contributed by atoms with Crippen LogP contribution in [0.1, 0.15) is 47.4 Å². The number of benzene rings is 1. The molecular weight excluding hydrogens is 330 g/mol. The summed E-state index contributed by atoms with van der Waals surface area (Å²) >= 11 is 0. The Hall–Kier alpha value is -2.34. The molecular formula is C20H27N3O3. The van der Waals surface area contributed by atoms with Gasteiger partial charge in [-0.1, -0.05) is 18.2 Å². The summed E-state index contributed by atoms with van der Waals surface area (Å²) in [5.41, 5.74) is 8.10. The van der Waals surface area contributed by atoms with Crippen molar-refractivity contribution in [2.75, 3.05) is 19.6 Å². The molecule has 0 saturated carbocycles. The Morgan fingerprint density at radius 3 is 2.85 bits per heavy atom. The van der Waals surface area contributed by atoms with Crippen molar-refractivity contribution < 1.29 is 14.0 Å². The molecule has 0 bridgehead atoms. The quantitative estimate of drug-likeness (QED) is 0.860. The van der Waals surface area contributed by atoms with E-state index in [0.29, 0.717) is 31.8 Å². The molecule has 26 heavy (non-hydrogen) atoms. The predicted octanol–water partition coefficient (Wildman–Crippen LogP) is 2.51. The molecule has 1 aliphatic rings. The second kappa shape index (κ2) is 7.91. The van der Waals surface area contributed by atoms with Gasteiger partial charge in [0.15, 0.2) is 5.76 Å². The van der Waals surface area contributed by atoms with Gasteiger partial charge in [-0.2, -0.15) is 0 Å². The van der Waals surface area contributed by atoms with Crippen LogP contribution in [-0.2, 0) is 4.79 Å². The number of rotatable bonds is 5. The van der Waals surface area contributed by atoms with E-state index < -0.39 is 0 Å². The zero-order valence-electron chi connectivity index (χ0n) is 15.5. The van der Waals surface area contributed by atoms with Gasteiger partial charge in [0.05, 0.1) is 0 Å². The third-order valence-electron chi connectivity index (χ3n) is 5.15. The number of nitrogens with one attached hydrogen (secondary N) is 1. The number of para-hydroxylation sites is 1. The maximum atomic E-state index is 13.2. The number of carbonyl (C=O) groups is 2. The van der Waals surface area contributed by atoms with Crippen LogP contribution in [0.3, 0.4) is 0 Å². The summed E-state index contributed by atoms with van der Waals surface area (Å²) in [6.07, 6.45) is 3.21. The second-order valence-electron chi connectivity index (χ2n) is 7.00. The van der Waals surface area contributed by atoms with Crippen LogP contribution in [0.2, 0.25) is 0 Å². The minimum absolute atomic E-state index is 0.00770. The van der Waals surface area contributed by atoms with Gasteiger partial charge >= 0.3 is 0 Å². The molecule has 2 amide bonds. The minimum atomic E-state index is -0.0872. The monoisotopic (exact) mass is 357 g/mol. The Labute approximate surface area is 153 Å². The topological polar surface area (TPSA) is 88.6 Å². The number of hydrogen-bond donors (Lipinski definition) is 2. The first-order valence-corrected chi connectivity index (χ1v) is 9.29. The van der Waals surface area contributed by atoms with Gasteiger partial charge in [-0.05, 0) is 38.7 Å². The van der Waals surface area contributed by atoms with Gasteiger partial charge in [-0.15, -0.1) is 0 Å². The average Bonchev–Trinajstić information content (AvgIpc) is 2.98. The molecule has 2 aromatic rings. The summed E-state index contributed by atoms with van der Waals surface area (Å²) in [5.74, 6) is 0.256. The molecule has 140 valence electrons. The predicted molar refractivity (Wildman–Crippen MR) is 101 cm³/mol. The van der Waals surface area contributed by atoms with Gasteiger partial charge in [0.1, 0.15) is 5.58 Å². The lowest BCUT2D eigenvalue weighted by molar-refractivity contribution is -0.121. The number of furan rings is 1. The summed E-state index contributed by atoms with van der Waals surface area (Å²) in [6, 6.07) is 5.94. The Bertz CT molecular complexity index is 812. The summed E-state index contributed by atoms with van der Waals surface area (Å²) in [6.45, 7) is 5.39. The number of fused-ring (bicyclic) bond motifs is 1. The van der Waals surface area contributed by atoms with Crippen LogP contribution in [0.5, 0.6) is 0 Å². The fourth-order valence-electron chi connectivity index (χ4n) is 3.65. The Morgan fingerprint density at radius 1 is 1.31 bits per heavy atom. The number of aryl methyl sites for hydroxylation is 2. The van der Waals surface area contributed by atoms with Crippen molar-refractivity contribution in [3.05, 3.63) is 35.1 Å². The normalized spacial score (nSPS) is 17.5. The highest BCUT2D eigenvalue weighted by molar-refractivity contribution is 5.99. The van der Waals surface area contributed by atoms with Gasteiger partial charge in [-0.25, -0.2) is 0 Å². The zero-order chi connectivity index (χ0) is 18.7. The summed E-state index contributed by atoms with van der Waals surface area (Å²) in [7, 11) is 0. The molecule has 6 heteroatoms. The molecule has 1 aromatic carbocycles. The highest BCUT2D eigenvalue weighted by atomic mass is 16.3. The van der Waals surface area contributed by atoms with Crippen LogP contribution in [0.25, 0.3) is 11.0 Å². The van der Waals surface area contributed by atoms with Crippen molar-refractivity contribution in [3.63, 3.8) is 0 Å². The number of carbonyl (C=O) groups excluding carboxylic acids is 2. The van der Waals surface area contributed by atoms with Crippen molar-refractivity contribution in [2.45, 2.75) is 45.6 Å². The maximum Gasteiger partial charge on any atom is 0.290 e. The highest BCUT2D eigenvalue weighted by Crippen LogP contribution is 2.30. The molecule has 1 saturated heterocycles. The highest BCUT2D eigenvalue weighted by Gasteiger charge is 2.31. The average molecular weight is 357 g/mol. The van der Waals surface area contributed by atoms with Crippen LogP contribution in [-0.4, -0.2) is 42.4 Å². The first-order valence-electron chi connectivity index (χ1n) is 9.29. The minimum Gasteiger partial charge on any atom is -0.450 e. The van der Waals surface area contributed by atoms with Gasteiger partial charge in [0.2, 0.25) is 5.91 Å². The largest absolute Gasteiger partial charge is 0.450 e. The third-order valence-corrected chi connectivity index (χ3v) is 5.15. The Balaban J connectivity index is 1.81. The van der Waals surface area contributed by atoms with Crippen LogP contribution >= 0.6 is 0 Å². The molecule has 1 atom stereocenters. The molecule has 0 spiro atoms. The molecule has 6 nitrogen and oxygen atoms in total. The standard InChI is InChI=1S/C20H27N3O3/c1-13-6-5-8-16-14(2)19(26-18(13)16)20(25)23-11-4-3-7-15(23)12-22-17(24)9-10-21/h5-6,8,15H,3-4,7,9-12,21H2,1-2H3,(H,22,24). The van der Waals surface area contributed by atoms with Gasteiger partial charge in [0.25, 0.3) is 5.91 Å². The van der Waals surface area contributed by atoms with E-state index in [9.17, 15) is 9.59 Å². The van der Waals surface area contributed by atoms with E-state index in [2.05, 4.69) is 5.32 Å². The zero-order valence-corrected chi connectivity index (χ0v) is 15.5. The fourth-order valence-corrected chi connectivity index (χ4v) is 3.65. The Kier molecular flexibility index (Phi) is 5.61. The number of amides is 2. The lowest BCUT2D eigenvalue weighted by Crippen LogP contribution is -2.49. The van der Waals surface area contributed by atoms with Crippen LogP contribution in [0, 0.1) is 13.8 Å². The lowest BCUT2D eigenvalue weighted by Gasteiger charge is -2.35. The van der Waals surface area contributed by atoms with Crippen LogP contribution < -0.4 is 11.1 Å². The summed E-state index contributed by atoms with van der Waals surface area (Å²) < 4.78 is 5.96. The first kappa shape index (κ1) is 18.5. The van der Waals surface area contributed by atoms with Crippen molar-refractivity contribution in [3.8, 4) is 0 Å². The fraction of sp³-hybridized carbons (Fsp3) is 0.500. The van der Waals surface area contributed by atoms with E-state index in [1.807, 2.05) is 36.9 Å². The molecule has 2 heterocycles. The number of piperidine rings is 1. The molecule has 1 fully saturated rings. The number of likely N-dealkylation sites (tertiary alicyclic amines) is 1. The van der Waals surface area contributed by atoms with Gasteiger partial charge in [-0.3, -0.25) is 9.59 Å². The van der Waals surface area contributed by atoms with E-state index in [-0.39, 0.29) is 17.9 Å². The molecule has 1 unspecified atom stereocenters. The maximum absolute atomic E-state index is 13.2. The van der Waals surface area contributed by atoms with Gasteiger partial charge < -0.3 is 20.4 Å². The van der Waals surface area contributed by atoms with Crippen molar-refractivity contribution in [1.29, 1.82) is 0 Å². The number of nitrogens with two attached hydrogens (primary N) is 1. The number of hydrogen-bond acceptors (Lipinski definition) is 4. The molecule has 3 N–H and O–H groups in total. The summed E-state index contributed by atoms with van der Waals surface area (Å²) in [4.78, 5) is 26.8.